The number of carbonyl (C=O) groups is 4. The summed E-state index contributed by atoms with van der Waals surface area (Å²) < 4.78 is 39.7. The number of nitrogens with one attached hydrogen (secondary N) is 2. The number of nitrogens with zero attached hydrogens (tertiary/aromatic N) is 4. The molecule has 17 heteroatoms. The summed E-state index contributed by atoms with van der Waals surface area (Å²) >= 11 is 2.09. The van der Waals surface area contributed by atoms with Gasteiger partial charge in [-0.05, 0) is 18.9 Å². The molecule has 0 spiro atoms. The van der Waals surface area contributed by atoms with Gasteiger partial charge in [0.25, 0.3) is 11.8 Å². The van der Waals surface area contributed by atoms with Gasteiger partial charge in [0, 0.05) is 35.0 Å². The number of anilines is 1. The van der Waals surface area contributed by atoms with Gasteiger partial charge in [-0.1, -0.05) is 11.2 Å². The number of carboxylic acid groups (broad SMARTS) is 1. The lowest BCUT2D eigenvalue weighted by Crippen LogP contribution is -2.69. The van der Waals surface area contributed by atoms with Gasteiger partial charge in [-0.3, -0.25) is 19.7 Å². The summed E-state index contributed by atoms with van der Waals surface area (Å²) in [6.45, 7) is 0.432. The number of carboxylic acids is 1. The zero-order valence-electron chi connectivity index (χ0n) is 21.4. The van der Waals surface area contributed by atoms with E-state index in [1.165, 1.54) is 34.2 Å². The zero-order valence-corrected chi connectivity index (χ0v) is 23.0. The maximum Gasteiger partial charge on any atom is 0.471 e. The average molecular weight is 624 g/mol. The fraction of sp³-hybridized carbons (Fsp3) is 0.320. The maximum absolute atomic E-state index is 13.3. The fourth-order valence-corrected chi connectivity index (χ4v) is 6.16. The number of amides is 3. The molecule has 2 unspecified atom stereocenters. The first-order valence-corrected chi connectivity index (χ1v) is 14.3. The molecular formula is C25H22F3N6O6S2+. The number of β-lactam (4-membered cyclic amide) rings is 1. The van der Waals surface area contributed by atoms with Crippen molar-refractivity contribution in [1.29, 1.82) is 0 Å². The molecule has 12 nitrogen and oxygen atoms in total. The lowest BCUT2D eigenvalue weighted by molar-refractivity contribution is -0.689. The Balaban J connectivity index is 1.26. The quantitative estimate of drug-likeness (QED) is 0.126. The number of allylic oxidation sites excluding steroid dienone is 1. The van der Waals surface area contributed by atoms with Crippen LogP contribution in [0.2, 0.25) is 0 Å². The predicted octanol–water partition coefficient (Wildman–Crippen LogP) is 2.05. The van der Waals surface area contributed by atoms with Gasteiger partial charge in [0.05, 0.1) is 5.56 Å². The number of thiazole rings is 1. The Kier molecular flexibility index (Phi) is 8.31. The van der Waals surface area contributed by atoms with Crippen LogP contribution in [0.1, 0.15) is 28.9 Å². The first-order valence-electron chi connectivity index (χ1n) is 12.4. The number of fused-ring (bicyclic) bond motifs is 1. The molecule has 220 valence electrons. The van der Waals surface area contributed by atoms with Crippen LogP contribution in [0.15, 0.2) is 59.0 Å². The van der Waals surface area contributed by atoms with Gasteiger partial charge in [0.15, 0.2) is 29.8 Å². The van der Waals surface area contributed by atoms with Gasteiger partial charge in [0.2, 0.25) is 0 Å². The highest BCUT2D eigenvalue weighted by Gasteiger charge is 2.50. The van der Waals surface area contributed by atoms with Crippen molar-refractivity contribution in [3.05, 3.63) is 65.1 Å². The van der Waals surface area contributed by atoms with Gasteiger partial charge >= 0.3 is 18.1 Å². The molecule has 0 radical (unpaired) electrons. The molecule has 2 aromatic heterocycles. The summed E-state index contributed by atoms with van der Waals surface area (Å²) in [6, 6.07) is 2.05. The number of thioether (sulfide) groups is 1. The van der Waals surface area contributed by atoms with E-state index in [1.54, 1.807) is 34.6 Å². The molecule has 3 atom stereocenters. The number of aromatic carboxylic acids is 1. The highest BCUT2D eigenvalue weighted by molar-refractivity contribution is 8.00. The Bertz CT molecular complexity index is 1510. The highest BCUT2D eigenvalue weighted by Crippen LogP contribution is 2.36. The third-order valence-electron chi connectivity index (χ3n) is 6.34. The second-order valence-corrected chi connectivity index (χ2v) is 11.3. The average Bonchev–Trinajstić information content (AvgIpc) is 3.64. The van der Waals surface area contributed by atoms with Crippen LogP contribution in [0.5, 0.6) is 0 Å². The van der Waals surface area contributed by atoms with Crippen molar-refractivity contribution in [3.63, 3.8) is 0 Å². The van der Waals surface area contributed by atoms with Crippen LogP contribution in [0.3, 0.4) is 0 Å². The highest BCUT2D eigenvalue weighted by atomic mass is 32.2. The second kappa shape index (κ2) is 11.9. The van der Waals surface area contributed by atoms with E-state index < -0.39 is 46.6 Å². The Morgan fingerprint density at radius 1 is 1.26 bits per heavy atom. The molecular weight excluding hydrogens is 601 g/mol. The molecule has 42 heavy (non-hydrogen) atoms. The Labute approximate surface area is 243 Å². The molecule has 5 rings (SSSR count). The SMILES string of the molecule is O=C(NC1C(=O)N2C=C(C[n+]3ccc(C(=O)O)cc3)CS[C@@H]12)C(=NOC1C=CCC1)c1csc(NC(=O)C(F)(F)F)n1. The minimum Gasteiger partial charge on any atom is -0.478 e. The number of halogens is 3. The van der Waals surface area contributed by atoms with Crippen LogP contribution < -0.4 is 15.2 Å². The first-order chi connectivity index (χ1) is 20.0. The third-order valence-corrected chi connectivity index (χ3v) is 8.48. The number of hydrogen-bond donors (Lipinski definition) is 3. The first kappa shape index (κ1) is 29.2. The summed E-state index contributed by atoms with van der Waals surface area (Å²) in [5.74, 6) is -3.90. The Morgan fingerprint density at radius 3 is 2.69 bits per heavy atom. The number of carbonyl (C=O) groups excluding carboxylic acids is 3. The Morgan fingerprint density at radius 2 is 2.02 bits per heavy atom. The number of hydrogen-bond acceptors (Lipinski definition) is 9. The van der Waals surface area contributed by atoms with Gasteiger partial charge in [0.1, 0.15) is 23.2 Å². The molecule has 3 amide bonds. The molecule has 1 fully saturated rings. The van der Waals surface area contributed by atoms with Gasteiger partial charge < -0.3 is 20.2 Å². The minimum absolute atomic E-state index is 0.134. The fourth-order valence-electron chi connectivity index (χ4n) is 4.22. The molecule has 3 aliphatic rings. The summed E-state index contributed by atoms with van der Waals surface area (Å²) in [7, 11) is 0. The van der Waals surface area contributed by atoms with E-state index in [4.69, 9.17) is 9.94 Å². The van der Waals surface area contributed by atoms with Crippen LogP contribution in [-0.4, -0.2) is 73.8 Å². The largest absolute Gasteiger partial charge is 0.478 e. The van der Waals surface area contributed by atoms with E-state index in [-0.39, 0.29) is 22.9 Å². The summed E-state index contributed by atoms with van der Waals surface area (Å²) in [4.78, 5) is 59.4. The molecule has 1 aliphatic carbocycles. The van der Waals surface area contributed by atoms with Crippen LogP contribution in [0.4, 0.5) is 18.3 Å². The van der Waals surface area contributed by atoms with Crippen molar-refractivity contribution in [3.8, 4) is 0 Å². The van der Waals surface area contributed by atoms with Gasteiger partial charge in [-0.15, -0.1) is 23.1 Å². The second-order valence-electron chi connectivity index (χ2n) is 9.33. The lowest BCUT2D eigenvalue weighted by atomic mass is 10.1. The topological polar surface area (TPSA) is 154 Å². The maximum atomic E-state index is 13.3. The number of alkyl halides is 3. The molecule has 1 saturated heterocycles. The van der Waals surface area contributed by atoms with Crippen molar-refractivity contribution in [2.24, 2.45) is 5.16 Å². The van der Waals surface area contributed by atoms with Crippen LogP contribution >= 0.6 is 23.1 Å². The Hall–Kier alpha value is -4.25. The zero-order chi connectivity index (χ0) is 30.0. The van der Waals surface area contributed by atoms with Crippen molar-refractivity contribution in [1.82, 2.24) is 15.2 Å². The summed E-state index contributed by atoms with van der Waals surface area (Å²) in [5, 5.41) is 17.7. The minimum atomic E-state index is -5.12. The van der Waals surface area contributed by atoms with E-state index in [0.29, 0.717) is 30.1 Å². The lowest BCUT2D eigenvalue weighted by Gasteiger charge is -2.47. The number of oxime groups is 1. The van der Waals surface area contributed by atoms with Crippen LogP contribution in [0, 0.1) is 0 Å². The number of aromatic nitrogens is 2. The van der Waals surface area contributed by atoms with Crippen molar-refractivity contribution in [2.75, 3.05) is 11.1 Å². The number of pyridine rings is 1. The smallest absolute Gasteiger partial charge is 0.471 e. The third kappa shape index (κ3) is 6.46. The van der Waals surface area contributed by atoms with Crippen LogP contribution in [0.25, 0.3) is 0 Å². The molecule has 0 aromatic carbocycles. The molecule has 0 bridgehead atoms. The summed E-state index contributed by atoms with van der Waals surface area (Å²) in [5.41, 5.74) is 0.565. The molecule has 2 aromatic rings. The van der Waals surface area contributed by atoms with Crippen LogP contribution in [-0.2, 0) is 25.8 Å². The van der Waals surface area contributed by atoms with Gasteiger partial charge in [-0.25, -0.2) is 14.3 Å². The monoisotopic (exact) mass is 623 g/mol. The van der Waals surface area contributed by atoms with E-state index in [9.17, 15) is 32.3 Å². The predicted molar refractivity (Wildman–Crippen MR) is 143 cm³/mol. The van der Waals surface area contributed by atoms with E-state index >= 15 is 0 Å². The van der Waals surface area contributed by atoms with E-state index in [1.807, 2.05) is 6.08 Å². The van der Waals surface area contributed by atoms with Crippen molar-refractivity contribution >= 4 is 57.6 Å². The normalized spacial score (nSPS) is 21.7. The molecule has 2 aliphatic heterocycles. The standard InChI is InChI=1S/C25H21F3N6O6S2/c26-25(27,28)23(39)31-24-29-16(12-42-24)17(32-40-15-3-1-2-4-15)19(35)30-18-20(36)34-10-13(11-41-21(18)34)9-33-7-5-14(6-8-33)22(37)38/h1,3,5-8,10,12,15,18,21H,2,4,9,11H2,(H2-,29,30,31,35,37,38,39)/p+1/t15?,18?,21-/m0/s1. The summed E-state index contributed by atoms with van der Waals surface area (Å²) in [6.07, 6.45) is 4.43. The van der Waals surface area contributed by atoms with Crippen molar-refractivity contribution < 1.29 is 46.9 Å². The van der Waals surface area contributed by atoms with Crippen molar-refractivity contribution in [2.45, 2.75) is 43.1 Å². The molecule has 3 N–H and O–H groups in total. The molecule has 0 saturated carbocycles. The number of rotatable bonds is 9. The van der Waals surface area contributed by atoms with E-state index in [2.05, 4.69) is 15.5 Å². The van der Waals surface area contributed by atoms with Gasteiger partial charge in [-0.2, -0.15) is 13.2 Å². The van der Waals surface area contributed by atoms with E-state index in [0.717, 1.165) is 12.0 Å². The molecule has 4 heterocycles.